The van der Waals surface area contributed by atoms with Crippen LogP contribution in [0, 0.1) is 0 Å². The zero-order chi connectivity index (χ0) is 18.7. The van der Waals surface area contributed by atoms with Crippen LogP contribution < -0.4 is 5.32 Å². The van der Waals surface area contributed by atoms with Gasteiger partial charge >= 0.3 is 12.1 Å². The van der Waals surface area contributed by atoms with Gasteiger partial charge in [0.05, 0.1) is 7.11 Å². The van der Waals surface area contributed by atoms with E-state index >= 15 is 0 Å². The van der Waals surface area contributed by atoms with E-state index in [4.69, 9.17) is 4.74 Å². The smallest absolute Gasteiger partial charge is 0.408 e. The molecule has 1 atom stereocenters. The second-order valence-electron chi connectivity index (χ2n) is 6.04. The van der Waals surface area contributed by atoms with E-state index in [1.807, 2.05) is 48.5 Å². The first-order chi connectivity index (χ1) is 12.5. The number of amides is 1. The highest BCUT2D eigenvalue weighted by molar-refractivity contribution is 6.04. The van der Waals surface area contributed by atoms with Crippen molar-refractivity contribution in [2.75, 3.05) is 13.7 Å². The molecule has 0 radical (unpaired) electrons. The average molecular weight is 353 g/mol. The molecule has 2 aromatic carbocycles. The van der Waals surface area contributed by atoms with Crippen molar-refractivity contribution in [2.24, 2.45) is 0 Å². The van der Waals surface area contributed by atoms with Crippen LogP contribution in [0.15, 0.2) is 48.5 Å². The molecule has 0 aliphatic heterocycles. The molecule has 0 saturated carbocycles. The molecule has 3 rings (SSSR count). The fraction of sp³-hybridized carbons (Fsp3) is 0.250. The monoisotopic (exact) mass is 353 g/mol. The van der Waals surface area contributed by atoms with E-state index < -0.39 is 23.9 Å². The van der Waals surface area contributed by atoms with Crippen molar-refractivity contribution >= 4 is 17.8 Å². The molecule has 0 bridgehead atoms. The van der Waals surface area contributed by atoms with E-state index in [1.54, 1.807) is 0 Å². The van der Waals surface area contributed by atoms with Crippen LogP contribution in [0.1, 0.15) is 24.0 Å². The second-order valence-corrected chi connectivity index (χ2v) is 6.04. The summed E-state index contributed by atoms with van der Waals surface area (Å²) in [5.41, 5.74) is 4.40. The molecule has 6 heteroatoms. The van der Waals surface area contributed by atoms with Crippen LogP contribution in [0.25, 0.3) is 11.1 Å². The number of ether oxygens (including phenoxy) is 2. The molecule has 26 heavy (non-hydrogen) atoms. The van der Waals surface area contributed by atoms with E-state index in [0.29, 0.717) is 0 Å². The molecule has 0 aromatic heterocycles. The Balaban J connectivity index is 1.73. The SMILES string of the molecule is COC(=O)C(NC(=O)OCC1c2ccccc2-c2ccccc21)C(C)=O. The second kappa shape index (κ2) is 7.39. The molecule has 134 valence electrons. The molecule has 0 saturated heterocycles. The number of rotatable bonds is 5. The van der Waals surface area contributed by atoms with Crippen LogP contribution in [0.4, 0.5) is 4.79 Å². The minimum atomic E-state index is -1.37. The summed E-state index contributed by atoms with van der Waals surface area (Å²) in [6.07, 6.45) is -0.836. The maximum atomic E-state index is 12.1. The molecule has 1 aliphatic rings. The fourth-order valence-corrected chi connectivity index (χ4v) is 3.20. The highest BCUT2D eigenvalue weighted by Gasteiger charge is 2.30. The molecule has 1 N–H and O–H groups in total. The van der Waals surface area contributed by atoms with Gasteiger partial charge in [-0.05, 0) is 29.2 Å². The van der Waals surface area contributed by atoms with Crippen LogP contribution in [0.3, 0.4) is 0 Å². The molecule has 0 spiro atoms. The molecule has 6 nitrogen and oxygen atoms in total. The first kappa shape index (κ1) is 17.7. The van der Waals surface area contributed by atoms with Crippen LogP contribution in [0.5, 0.6) is 0 Å². The predicted molar refractivity (Wildman–Crippen MR) is 94.7 cm³/mol. The Bertz CT molecular complexity index is 815. The summed E-state index contributed by atoms with van der Waals surface area (Å²) in [5, 5.41) is 2.25. The van der Waals surface area contributed by atoms with Crippen molar-refractivity contribution in [3.8, 4) is 11.1 Å². The van der Waals surface area contributed by atoms with Crippen molar-refractivity contribution in [3.63, 3.8) is 0 Å². The lowest BCUT2D eigenvalue weighted by Gasteiger charge is -2.17. The lowest BCUT2D eigenvalue weighted by atomic mass is 9.98. The Kier molecular flexibility index (Phi) is 5.02. The molecule has 1 amide bonds. The lowest BCUT2D eigenvalue weighted by molar-refractivity contribution is -0.145. The van der Waals surface area contributed by atoms with E-state index in [2.05, 4.69) is 10.1 Å². The van der Waals surface area contributed by atoms with Crippen molar-refractivity contribution in [1.82, 2.24) is 5.32 Å². The zero-order valence-electron chi connectivity index (χ0n) is 14.5. The molecular formula is C20H19NO5. The first-order valence-electron chi connectivity index (χ1n) is 8.22. The minimum absolute atomic E-state index is 0.0953. The Labute approximate surface area is 151 Å². The molecule has 2 aromatic rings. The number of methoxy groups -OCH3 is 1. The van der Waals surface area contributed by atoms with Gasteiger partial charge in [0.15, 0.2) is 11.8 Å². The van der Waals surface area contributed by atoms with E-state index in [1.165, 1.54) is 6.92 Å². The van der Waals surface area contributed by atoms with E-state index in [-0.39, 0.29) is 12.5 Å². The third-order valence-electron chi connectivity index (χ3n) is 4.45. The van der Waals surface area contributed by atoms with Crippen molar-refractivity contribution < 1.29 is 23.9 Å². The summed E-state index contributed by atoms with van der Waals surface area (Å²) < 4.78 is 9.82. The molecule has 1 aliphatic carbocycles. The number of nitrogens with one attached hydrogen (secondary N) is 1. The number of carbonyl (C=O) groups excluding carboxylic acids is 3. The van der Waals surface area contributed by atoms with Crippen molar-refractivity contribution in [3.05, 3.63) is 59.7 Å². The maximum absolute atomic E-state index is 12.1. The number of fused-ring (bicyclic) bond motifs is 3. The quantitative estimate of drug-likeness (QED) is 0.660. The summed E-state index contributed by atoms with van der Waals surface area (Å²) in [6.45, 7) is 1.30. The fourth-order valence-electron chi connectivity index (χ4n) is 3.20. The van der Waals surface area contributed by atoms with Crippen molar-refractivity contribution in [2.45, 2.75) is 18.9 Å². The summed E-state index contributed by atoms with van der Waals surface area (Å²) in [6, 6.07) is 14.6. The van der Waals surface area contributed by atoms with Crippen LogP contribution >= 0.6 is 0 Å². The number of alkyl carbamates (subject to hydrolysis) is 1. The van der Waals surface area contributed by atoms with Gasteiger partial charge in [-0.15, -0.1) is 0 Å². The van der Waals surface area contributed by atoms with Gasteiger partial charge in [0.2, 0.25) is 0 Å². The third kappa shape index (κ3) is 3.31. The molecule has 0 fully saturated rings. The first-order valence-corrected chi connectivity index (χ1v) is 8.22. The molecule has 1 unspecified atom stereocenters. The van der Waals surface area contributed by atoms with E-state index in [0.717, 1.165) is 29.4 Å². The Morgan fingerprint density at radius 1 is 1.00 bits per heavy atom. The largest absolute Gasteiger partial charge is 0.467 e. The van der Waals surface area contributed by atoms with E-state index in [9.17, 15) is 14.4 Å². The van der Waals surface area contributed by atoms with Crippen LogP contribution in [-0.2, 0) is 19.1 Å². The maximum Gasteiger partial charge on any atom is 0.408 e. The topological polar surface area (TPSA) is 81.7 Å². The number of carbonyl (C=O) groups is 3. The standard InChI is InChI=1S/C20H19NO5/c1-12(22)18(19(23)25-2)21-20(24)26-11-17-15-9-5-3-7-13(15)14-8-4-6-10-16(14)17/h3-10,17-18H,11H2,1-2H3,(H,21,24). The van der Waals surface area contributed by atoms with Crippen LogP contribution in [0.2, 0.25) is 0 Å². The Morgan fingerprint density at radius 2 is 1.54 bits per heavy atom. The number of hydrogen-bond acceptors (Lipinski definition) is 5. The van der Waals surface area contributed by atoms with Gasteiger partial charge in [-0.25, -0.2) is 9.59 Å². The highest BCUT2D eigenvalue weighted by atomic mass is 16.6. The number of benzene rings is 2. The third-order valence-corrected chi connectivity index (χ3v) is 4.45. The molecule has 0 heterocycles. The lowest BCUT2D eigenvalue weighted by Crippen LogP contribution is -2.46. The summed E-state index contributed by atoms with van der Waals surface area (Å²) >= 11 is 0. The van der Waals surface area contributed by atoms with Crippen molar-refractivity contribution in [1.29, 1.82) is 0 Å². The van der Waals surface area contributed by atoms with Gasteiger partial charge in [-0.2, -0.15) is 0 Å². The zero-order valence-corrected chi connectivity index (χ0v) is 14.5. The summed E-state index contributed by atoms with van der Waals surface area (Å²) in [5.74, 6) is -1.45. The van der Waals surface area contributed by atoms with Gasteiger partial charge in [0.1, 0.15) is 6.61 Å². The Hall–Kier alpha value is -3.15. The van der Waals surface area contributed by atoms with Gasteiger partial charge in [-0.3, -0.25) is 4.79 Å². The Morgan fingerprint density at radius 3 is 2.04 bits per heavy atom. The average Bonchev–Trinajstić information content (AvgIpc) is 2.97. The number of esters is 1. The van der Waals surface area contributed by atoms with Crippen LogP contribution in [-0.4, -0.2) is 37.6 Å². The number of ketones is 1. The summed E-state index contributed by atoms with van der Waals surface area (Å²) in [7, 11) is 1.15. The predicted octanol–water partition coefficient (Wildman–Crippen LogP) is 2.66. The summed E-state index contributed by atoms with van der Waals surface area (Å²) in [4.78, 5) is 35.1. The molecular weight excluding hydrogens is 334 g/mol. The number of hydrogen-bond donors (Lipinski definition) is 1. The normalized spacial score (nSPS) is 13.3. The van der Waals surface area contributed by atoms with Gasteiger partial charge in [0.25, 0.3) is 0 Å². The van der Waals surface area contributed by atoms with Gasteiger partial charge in [-0.1, -0.05) is 48.5 Å². The highest BCUT2D eigenvalue weighted by Crippen LogP contribution is 2.44. The number of Topliss-reactive ketones (excluding diaryl/α,β-unsaturated/α-hetero) is 1. The van der Waals surface area contributed by atoms with Gasteiger partial charge in [0, 0.05) is 5.92 Å². The minimum Gasteiger partial charge on any atom is -0.467 e. The van der Waals surface area contributed by atoms with Gasteiger partial charge < -0.3 is 14.8 Å².